The van der Waals surface area contributed by atoms with Crippen molar-refractivity contribution in [2.75, 3.05) is 13.2 Å². The van der Waals surface area contributed by atoms with E-state index in [1.807, 2.05) is 0 Å². The summed E-state index contributed by atoms with van der Waals surface area (Å²) in [6.45, 7) is 0.950. The third-order valence-corrected chi connectivity index (χ3v) is 7.49. The number of rotatable bonds is 5. The van der Waals surface area contributed by atoms with Crippen LogP contribution in [0.3, 0.4) is 0 Å². The van der Waals surface area contributed by atoms with Crippen molar-refractivity contribution in [3.05, 3.63) is 33.6 Å². The summed E-state index contributed by atoms with van der Waals surface area (Å²) in [5.41, 5.74) is 3.49. The summed E-state index contributed by atoms with van der Waals surface area (Å²) >= 11 is 6.34. The van der Waals surface area contributed by atoms with Gasteiger partial charge in [-0.1, -0.05) is 18.0 Å². The summed E-state index contributed by atoms with van der Waals surface area (Å²) in [5, 5.41) is 7.11. The first-order valence-corrected chi connectivity index (χ1v) is 12.3. The predicted molar refractivity (Wildman–Crippen MR) is 122 cm³/mol. The molecule has 4 aliphatic heterocycles. The van der Waals surface area contributed by atoms with Gasteiger partial charge in [0, 0.05) is 48.2 Å². The fraction of sp³-hybridized carbons (Fsp3) is 0.565. The van der Waals surface area contributed by atoms with E-state index in [4.69, 9.17) is 16.3 Å². The van der Waals surface area contributed by atoms with Crippen molar-refractivity contribution in [2.45, 2.75) is 69.7 Å². The summed E-state index contributed by atoms with van der Waals surface area (Å²) in [6, 6.07) is 1.02. The summed E-state index contributed by atoms with van der Waals surface area (Å²) < 4.78 is 20.6. The monoisotopic (exact) mass is 507 g/mol. The lowest BCUT2D eigenvalue weighted by Gasteiger charge is -2.29. The number of nitrogens with zero attached hydrogens (tertiary/aromatic N) is 2. The van der Waals surface area contributed by atoms with Crippen LogP contribution in [-0.4, -0.2) is 65.0 Å². The molecule has 4 aliphatic rings. The maximum atomic E-state index is 15.3. The maximum Gasteiger partial charge on any atom is 0.407 e. The van der Waals surface area contributed by atoms with Crippen molar-refractivity contribution in [3.8, 4) is 0 Å². The Morgan fingerprint density at radius 2 is 2.09 bits per heavy atom. The predicted octanol–water partition coefficient (Wildman–Crippen LogP) is 1.60. The highest BCUT2D eigenvalue weighted by Crippen LogP contribution is 2.35. The van der Waals surface area contributed by atoms with E-state index in [1.54, 1.807) is 0 Å². The molecule has 0 spiro atoms. The molecule has 3 unspecified atom stereocenters. The fourth-order valence-electron chi connectivity index (χ4n) is 5.37. The molecule has 1 aromatic rings. The lowest BCUT2D eigenvalue weighted by molar-refractivity contribution is -0.136. The first-order valence-electron chi connectivity index (χ1n) is 11.9. The number of hydrogen-bond donors (Lipinski definition) is 3. The van der Waals surface area contributed by atoms with Gasteiger partial charge >= 0.3 is 6.09 Å². The van der Waals surface area contributed by atoms with Crippen LogP contribution in [0.2, 0.25) is 5.02 Å². The molecule has 0 aliphatic carbocycles. The van der Waals surface area contributed by atoms with E-state index in [2.05, 4.69) is 21.1 Å². The number of hydrogen-bond acceptors (Lipinski definition) is 7. The number of carbonyl (C=O) groups is 4. The van der Waals surface area contributed by atoms with E-state index < -0.39 is 35.7 Å². The highest BCUT2D eigenvalue weighted by atomic mass is 35.5. The number of hydrazine groups is 1. The van der Waals surface area contributed by atoms with Crippen LogP contribution in [0.5, 0.6) is 0 Å². The molecule has 4 amide bonds. The summed E-state index contributed by atoms with van der Waals surface area (Å²) in [7, 11) is 0. The van der Waals surface area contributed by atoms with Crippen molar-refractivity contribution in [1.29, 1.82) is 0 Å². The molecule has 3 saturated heterocycles. The van der Waals surface area contributed by atoms with Gasteiger partial charge in [0.25, 0.3) is 5.91 Å². The molecule has 3 N–H and O–H groups in total. The minimum atomic E-state index is -0.871. The SMILES string of the molecule is O=C1CCC(N2Cc3c(Cl)cc(CNC(=O)OCC4CC5CCCCN5N4)c(F)c3C2=O)C(=O)N1. The van der Waals surface area contributed by atoms with E-state index in [1.165, 1.54) is 17.4 Å². The number of benzene rings is 1. The fourth-order valence-corrected chi connectivity index (χ4v) is 5.66. The van der Waals surface area contributed by atoms with Gasteiger partial charge in [-0.25, -0.2) is 19.6 Å². The Bertz CT molecular complexity index is 1070. The van der Waals surface area contributed by atoms with Crippen LogP contribution in [0.15, 0.2) is 6.07 Å². The van der Waals surface area contributed by atoms with Gasteiger partial charge in [-0.05, 0) is 31.7 Å². The van der Waals surface area contributed by atoms with Crippen LogP contribution in [0.1, 0.15) is 60.0 Å². The highest BCUT2D eigenvalue weighted by molar-refractivity contribution is 6.32. The van der Waals surface area contributed by atoms with Crippen LogP contribution in [0, 0.1) is 5.82 Å². The molecule has 0 radical (unpaired) electrons. The van der Waals surface area contributed by atoms with Gasteiger partial charge in [-0.15, -0.1) is 0 Å². The van der Waals surface area contributed by atoms with E-state index >= 15 is 4.39 Å². The minimum Gasteiger partial charge on any atom is -0.448 e. The molecule has 4 heterocycles. The number of carbonyl (C=O) groups excluding carboxylic acids is 4. The molecule has 3 fully saturated rings. The lowest BCUT2D eigenvalue weighted by atomic mass is 10.0. The van der Waals surface area contributed by atoms with Crippen molar-refractivity contribution < 1.29 is 28.3 Å². The summed E-state index contributed by atoms with van der Waals surface area (Å²) in [6.07, 6.45) is 3.98. The van der Waals surface area contributed by atoms with Gasteiger partial charge in [0.2, 0.25) is 11.8 Å². The number of piperidine rings is 2. The van der Waals surface area contributed by atoms with E-state index in [0.29, 0.717) is 6.04 Å². The van der Waals surface area contributed by atoms with Crippen LogP contribution in [0.25, 0.3) is 0 Å². The number of amides is 4. The molecule has 0 aromatic heterocycles. The van der Waals surface area contributed by atoms with Crippen molar-refractivity contribution in [2.24, 2.45) is 0 Å². The summed E-state index contributed by atoms with van der Waals surface area (Å²) in [4.78, 5) is 50.1. The zero-order chi connectivity index (χ0) is 24.7. The van der Waals surface area contributed by atoms with Crippen LogP contribution < -0.4 is 16.1 Å². The van der Waals surface area contributed by atoms with Gasteiger partial charge in [-0.3, -0.25) is 19.7 Å². The van der Waals surface area contributed by atoms with Crippen LogP contribution in [-0.2, 0) is 27.4 Å². The molecule has 5 rings (SSSR count). The Labute approximate surface area is 206 Å². The second-order valence-electron chi connectivity index (χ2n) is 9.44. The molecule has 12 heteroatoms. The van der Waals surface area contributed by atoms with Crippen LogP contribution >= 0.6 is 11.6 Å². The first kappa shape index (κ1) is 24.0. The average molecular weight is 508 g/mol. The second-order valence-corrected chi connectivity index (χ2v) is 9.85. The van der Waals surface area contributed by atoms with E-state index in [0.717, 1.165) is 25.8 Å². The number of fused-ring (bicyclic) bond motifs is 2. The molecule has 1 aromatic carbocycles. The summed E-state index contributed by atoms with van der Waals surface area (Å²) in [5.74, 6) is -2.45. The Balaban J connectivity index is 1.19. The smallest absolute Gasteiger partial charge is 0.407 e. The van der Waals surface area contributed by atoms with Gasteiger partial charge in [-0.2, -0.15) is 0 Å². The number of ether oxygens (including phenoxy) is 1. The number of imide groups is 1. The minimum absolute atomic E-state index is 0.0294. The van der Waals surface area contributed by atoms with E-state index in [9.17, 15) is 19.2 Å². The number of nitrogens with one attached hydrogen (secondary N) is 3. The second kappa shape index (κ2) is 9.71. The molecule has 10 nitrogen and oxygen atoms in total. The largest absolute Gasteiger partial charge is 0.448 e. The Morgan fingerprint density at radius 1 is 1.26 bits per heavy atom. The number of alkyl carbamates (subject to hydrolysis) is 1. The zero-order valence-electron chi connectivity index (χ0n) is 19.1. The average Bonchev–Trinajstić information content (AvgIpc) is 3.40. The maximum absolute atomic E-state index is 15.3. The van der Waals surface area contributed by atoms with Crippen LogP contribution in [0.4, 0.5) is 9.18 Å². The lowest BCUT2D eigenvalue weighted by Crippen LogP contribution is -2.52. The Hall–Kier alpha value is -2.76. The zero-order valence-corrected chi connectivity index (χ0v) is 19.8. The molecular formula is C23H27ClFN5O5. The first-order chi connectivity index (χ1) is 16.8. The molecular weight excluding hydrogens is 481 g/mol. The van der Waals surface area contributed by atoms with Crippen molar-refractivity contribution in [1.82, 2.24) is 26.0 Å². The van der Waals surface area contributed by atoms with Gasteiger partial charge in [0.1, 0.15) is 18.5 Å². The topological polar surface area (TPSA) is 120 Å². The highest BCUT2D eigenvalue weighted by Gasteiger charge is 2.42. The molecule has 188 valence electrons. The van der Waals surface area contributed by atoms with Crippen molar-refractivity contribution >= 4 is 35.4 Å². The van der Waals surface area contributed by atoms with Gasteiger partial charge < -0.3 is 15.0 Å². The third-order valence-electron chi connectivity index (χ3n) is 7.15. The van der Waals surface area contributed by atoms with Gasteiger partial charge in [0.15, 0.2) is 0 Å². The number of halogens is 2. The van der Waals surface area contributed by atoms with Gasteiger partial charge in [0.05, 0.1) is 11.6 Å². The van der Waals surface area contributed by atoms with Crippen molar-refractivity contribution in [3.63, 3.8) is 0 Å². The standard InChI is InChI=1S/C23H27ClFN5O5/c24-16-7-12(9-26-23(34)35-11-13-8-14-3-1-2-6-30(14)28-13)20(25)19-15(16)10-29(22(19)33)17-4-5-18(31)27-21(17)32/h7,13-14,17,28H,1-6,8-11H2,(H,26,34)(H,27,31,32). The normalized spacial score (nSPS) is 26.4. The third kappa shape index (κ3) is 4.72. The Kier molecular flexibility index (Phi) is 6.65. The van der Waals surface area contributed by atoms with E-state index in [-0.39, 0.29) is 60.3 Å². The molecule has 3 atom stereocenters. The molecule has 35 heavy (non-hydrogen) atoms. The molecule has 0 bridgehead atoms. The Morgan fingerprint density at radius 3 is 2.86 bits per heavy atom. The quantitative estimate of drug-likeness (QED) is 0.518. The molecule has 0 saturated carbocycles.